The Bertz CT molecular complexity index is 1550. The molecule has 0 radical (unpaired) electrons. The first kappa shape index (κ1) is 23.8. The Hall–Kier alpha value is -3.94. The number of para-hydroxylation sites is 2. The third-order valence-corrected chi connectivity index (χ3v) is 6.83. The van der Waals surface area contributed by atoms with Crippen LogP contribution in [0.25, 0.3) is 33.5 Å². The minimum absolute atomic E-state index is 0.160. The highest BCUT2D eigenvalue weighted by Gasteiger charge is 2.19. The molecule has 1 N–H and O–H groups in total. The van der Waals surface area contributed by atoms with Crippen LogP contribution in [0.3, 0.4) is 0 Å². The SMILES string of the molecule is C=CCn1c(SCC(=O)Nc2ccccc2Cl)nnc1-c1cc(-c2ccccc2)nc2ccccc12. The first-order valence-corrected chi connectivity index (χ1v) is 12.7. The molecule has 0 aliphatic rings. The number of nitrogens with zero attached hydrogens (tertiary/aromatic N) is 4. The van der Waals surface area contributed by atoms with E-state index in [1.54, 1.807) is 18.2 Å². The summed E-state index contributed by atoms with van der Waals surface area (Å²) in [5.74, 6) is 0.676. The van der Waals surface area contributed by atoms with Crippen molar-refractivity contribution in [1.29, 1.82) is 0 Å². The van der Waals surface area contributed by atoms with Gasteiger partial charge in [0.25, 0.3) is 0 Å². The van der Waals surface area contributed by atoms with Crippen molar-refractivity contribution in [2.75, 3.05) is 11.1 Å². The van der Waals surface area contributed by atoms with Gasteiger partial charge in [-0.1, -0.05) is 90.1 Å². The van der Waals surface area contributed by atoms with E-state index in [9.17, 15) is 4.79 Å². The molecule has 0 atom stereocenters. The zero-order valence-corrected chi connectivity index (χ0v) is 20.8. The molecule has 2 aromatic heterocycles. The fourth-order valence-corrected chi connectivity index (χ4v) is 4.82. The maximum absolute atomic E-state index is 12.6. The number of hydrogen-bond donors (Lipinski definition) is 1. The second-order valence-electron chi connectivity index (χ2n) is 7.96. The molecular formula is C28H22ClN5OS. The number of hydrogen-bond acceptors (Lipinski definition) is 5. The summed E-state index contributed by atoms with van der Waals surface area (Å²) < 4.78 is 1.97. The van der Waals surface area contributed by atoms with Gasteiger partial charge in [-0.2, -0.15) is 0 Å². The number of anilines is 1. The zero-order chi connectivity index (χ0) is 24.9. The predicted molar refractivity (Wildman–Crippen MR) is 147 cm³/mol. The van der Waals surface area contributed by atoms with Gasteiger partial charge in [0.2, 0.25) is 5.91 Å². The molecule has 3 aromatic carbocycles. The number of rotatable bonds is 8. The van der Waals surface area contributed by atoms with Gasteiger partial charge in [-0.15, -0.1) is 16.8 Å². The number of nitrogens with one attached hydrogen (secondary N) is 1. The molecule has 0 aliphatic carbocycles. The maximum Gasteiger partial charge on any atom is 0.234 e. The van der Waals surface area contributed by atoms with Crippen molar-refractivity contribution in [1.82, 2.24) is 19.7 Å². The first-order valence-electron chi connectivity index (χ1n) is 11.3. The van der Waals surface area contributed by atoms with E-state index in [1.165, 1.54) is 11.8 Å². The summed E-state index contributed by atoms with van der Waals surface area (Å²) in [4.78, 5) is 17.5. The van der Waals surface area contributed by atoms with Crippen LogP contribution in [-0.4, -0.2) is 31.4 Å². The molecular weight excluding hydrogens is 490 g/mol. The second-order valence-corrected chi connectivity index (χ2v) is 9.31. The Labute approximate surface area is 218 Å². The quantitative estimate of drug-likeness (QED) is 0.185. The highest BCUT2D eigenvalue weighted by molar-refractivity contribution is 7.99. The van der Waals surface area contributed by atoms with Gasteiger partial charge in [-0.05, 0) is 24.3 Å². The Morgan fingerprint density at radius 3 is 2.56 bits per heavy atom. The lowest BCUT2D eigenvalue weighted by atomic mass is 10.0. The number of amides is 1. The van der Waals surface area contributed by atoms with Gasteiger partial charge in [0.15, 0.2) is 11.0 Å². The summed E-state index contributed by atoms with van der Waals surface area (Å²) in [6, 6.07) is 27.2. The van der Waals surface area contributed by atoms with Crippen LogP contribution in [0, 0.1) is 0 Å². The van der Waals surface area contributed by atoms with Crippen molar-refractivity contribution in [3.05, 3.63) is 103 Å². The van der Waals surface area contributed by atoms with Crippen LogP contribution in [0.2, 0.25) is 5.02 Å². The lowest BCUT2D eigenvalue weighted by molar-refractivity contribution is -0.113. The average molecular weight is 512 g/mol. The van der Waals surface area contributed by atoms with Crippen molar-refractivity contribution in [3.8, 4) is 22.6 Å². The van der Waals surface area contributed by atoms with Gasteiger partial charge < -0.3 is 5.32 Å². The van der Waals surface area contributed by atoms with Crippen molar-refractivity contribution in [2.24, 2.45) is 0 Å². The molecule has 5 rings (SSSR count). The summed E-state index contributed by atoms with van der Waals surface area (Å²) in [6.07, 6.45) is 1.79. The molecule has 0 spiro atoms. The van der Waals surface area contributed by atoms with Crippen LogP contribution in [0.1, 0.15) is 0 Å². The van der Waals surface area contributed by atoms with E-state index in [-0.39, 0.29) is 11.7 Å². The van der Waals surface area contributed by atoms with Crippen molar-refractivity contribution in [3.63, 3.8) is 0 Å². The van der Waals surface area contributed by atoms with Gasteiger partial charge in [0, 0.05) is 23.1 Å². The standard InChI is InChI=1S/C28H22ClN5OS/c1-2-16-34-27(32-33-28(34)36-18-26(35)31-24-15-9-7-13-22(24)29)21-17-25(19-10-4-3-5-11-19)30-23-14-8-6-12-20(21)23/h2-15,17H,1,16,18H2,(H,31,35). The third-order valence-electron chi connectivity index (χ3n) is 5.54. The Morgan fingerprint density at radius 1 is 1.00 bits per heavy atom. The van der Waals surface area contributed by atoms with Gasteiger partial charge in [0.1, 0.15) is 0 Å². The summed E-state index contributed by atoms with van der Waals surface area (Å²) in [7, 11) is 0. The molecule has 0 unspecified atom stereocenters. The number of carbonyl (C=O) groups is 1. The average Bonchev–Trinajstić information content (AvgIpc) is 3.31. The third kappa shape index (κ3) is 5.03. The smallest absolute Gasteiger partial charge is 0.234 e. The summed E-state index contributed by atoms with van der Waals surface area (Å²) >= 11 is 7.48. The maximum atomic E-state index is 12.6. The monoisotopic (exact) mass is 511 g/mol. The summed E-state index contributed by atoms with van der Waals surface area (Å²) in [5.41, 5.74) is 4.24. The molecule has 1 amide bonds. The molecule has 36 heavy (non-hydrogen) atoms. The van der Waals surface area contributed by atoms with Gasteiger partial charge in [-0.25, -0.2) is 4.98 Å². The molecule has 8 heteroatoms. The fraction of sp³-hybridized carbons (Fsp3) is 0.0714. The van der Waals surface area contributed by atoms with E-state index in [2.05, 4.69) is 22.1 Å². The number of pyridine rings is 1. The largest absolute Gasteiger partial charge is 0.324 e. The molecule has 6 nitrogen and oxygen atoms in total. The van der Waals surface area contributed by atoms with Crippen LogP contribution in [-0.2, 0) is 11.3 Å². The van der Waals surface area contributed by atoms with Gasteiger partial charge in [-0.3, -0.25) is 9.36 Å². The lowest BCUT2D eigenvalue weighted by Crippen LogP contribution is -2.15. The zero-order valence-electron chi connectivity index (χ0n) is 19.3. The molecule has 5 aromatic rings. The number of thioether (sulfide) groups is 1. The minimum Gasteiger partial charge on any atom is -0.324 e. The predicted octanol–water partition coefficient (Wildman–Crippen LogP) is 6.73. The lowest BCUT2D eigenvalue weighted by Gasteiger charge is -2.12. The first-order chi connectivity index (χ1) is 17.6. The molecule has 0 bridgehead atoms. The number of fused-ring (bicyclic) bond motifs is 1. The molecule has 0 aliphatic heterocycles. The van der Waals surface area contributed by atoms with E-state index in [1.807, 2.05) is 77.4 Å². The highest BCUT2D eigenvalue weighted by Crippen LogP contribution is 2.33. The van der Waals surface area contributed by atoms with Crippen LogP contribution < -0.4 is 5.32 Å². The van der Waals surface area contributed by atoms with Crippen molar-refractivity contribution < 1.29 is 4.79 Å². The van der Waals surface area contributed by atoms with E-state index in [4.69, 9.17) is 16.6 Å². The fourth-order valence-electron chi connectivity index (χ4n) is 3.88. The summed E-state index contributed by atoms with van der Waals surface area (Å²) in [6.45, 7) is 4.40. The van der Waals surface area contributed by atoms with Crippen molar-refractivity contribution >= 4 is 45.9 Å². The number of aromatic nitrogens is 4. The normalized spacial score (nSPS) is 10.9. The Morgan fingerprint density at radius 2 is 1.75 bits per heavy atom. The van der Waals surface area contributed by atoms with Gasteiger partial charge in [0.05, 0.1) is 27.7 Å². The molecule has 178 valence electrons. The molecule has 0 fully saturated rings. The van der Waals surface area contributed by atoms with E-state index < -0.39 is 0 Å². The number of allylic oxidation sites excluding steroid dienone is 1. The second kappa shape index (κ2) is 10.8. The number of carbonyl (C=O) groups excluding carboxylic acids is 1. The highest BCUT2D eigenvalue weighted by atomic mass is 35.5. The van der Waals surface area contributed by atoms with Gasteiger partial charge >= 0.3 is 0 Å². The van der Waals surface area contributed by atoms with E-state index >= 15 is 0 Å². The Balaban J connectivity index is 1.49. The van der Waals surface area contributed by atoms with Crippen LogP contribution in [0.4, 0.5) is 5.69 Å². The molecule has 0 saturated heterocycles. The Kier molecular flexibility index (Phi) is 7.11. The molecule has 2 heterocycles. The topological polar surface area (TPSA) is 72.7 Å². The van der Waals surface area contributed by atoms with Crippen LogP contribution in [0.5, 0.6) is 0 Å². The molecule has 0 saturated carbocycles. The minimum atomic E-state index is -0.177. The van der Waals surface area contributed by atoms with Crippen LogP contribution in [0.15, 0.2) is 103 Å². The van der Waals surface area contributed by atoms with Crippen molar-refractivity contribution in [2.45, 2.75) is 11.7 Å². The van der Waals surface area contributed by atoms with E-state index in [0.29, 0.717) is 28.2 Å². The van der Waals surface area contributed by atoms with E-state index in [0.717, 1.165) is 27.7 Å². The summed E-state index contributed by atoms with van der Waals surface area (Å²) in [5, 5.41) is 13.9. The number of halogens is 1. The number of benzene rings is 3. The van der Waals surface area contributed by atoms with Crippen LogP contribution >= 0.6 is 23.4 Å².